The van der Waals surface area contributed by atoms with Gasteiger partial charge in [0.2, 0.25) is 10.0 Å². The smallest absolute Gasteiger partial charge is 0.240 e. The molecule has 0 atom stereocenters. The zero-order valence-corrected chi connectivity index (χ0v) is 14.2. The molecule has 1 aromatic carbocycles. The van der Waals surface area contributed by atoms with Crippen LogP contribution < -0.4 is 10.0 Å². The van der Waals surface area contributed by atoms with E-state index in [4.69, 9.17) is 0 Å². The Morgan fingerprint density at radius 3 is 2.05 bits per heavy atom. The number of anilines is 1. The third-order valence-electron chi connectivity index (χ3n) is 3.69. The molecule has 0 aromatic heterocycles. The number of aliphatic hydroxyl groups is 1. The normalized spacial score (nSPS) is 13.2. The van der Waals surface area contributed by atoms with Crippen molar-refractivity contribution >= 4 is 15.7 Å². The summed E-state index contributed by atoms with van der Waals surface area (Å²) < 4.78 is 26.5. The van der Waals surface area contributed by atoms with Gasteiger partial charge in [-0.15, -0.1) is 0 Å². The second-order valence-electron chi connectivity index (χ2n) is 6.23. The van der Waals surface area contributed by atoms with Gasteiger partial charge in [-0.2, -0.15) is 0 Å². The Labute approximate surface area is 127 Å². The van der Waals surface area contributed by atoms with Crippen LogP contribution in [0, 0.1) is 0 Å². The molecular weight excluding hydrogens is 288 g/mol. The maximum absolute atomic E-state index is 12.0. The highest BCUT2D eigenvalue weighted by atomic mass is 32.2. The van der Waals surface area contributed by atoms with Gasteiger partial charge in [0.05, 0.1) is 16.0 Å². The van der Waals surface area contributed by atoms with E-state index < -0.39 is 21.2 Å². The van der Waals surface area contributed by atoms with E-state index in [0.29, 0.717) is 6.54 Å². The molecule has 5 nitrogen and oxygen atoms in total. The van der Waals surface area contributed by atoms with Gasteiger partial charge in [-0.05, 0) is 58.4 Å². The summed E-state index contributed by atoms with van der Waals surface area (Å²) in [4.78, 5) is 0.238. The highest BCUT2D eigenvalue weighted by Gasteiger charge is 2.34. The zero-order chi connectivity index (χ0) is 16.3. The van der Waals surface area contributed by atoms with Gasteiger partial charge in [0.25, 0.3) is 0 Å². The fourth-order valence-corrected chi connectivity index (χ4v) is 2.68. The van der Waals surface area contributed by atoms with E-state index in [2.05, 4.69) is 10.0 Å². The second-order valence-corrected chi connectivity index (χ2v) is 8.00. The van der Waals surface area contributed by atoms with Crippen LogP contribution in [-0.4, -0.2) is 31.2 Å². The van der Waals surface area contributed by atoms with Gasteiger partial charge in [0.1, 0.15) is 0 Å². The molecule has 0 fully saturated rings. The van der Waals surface area contributed by atoms with E-state index >= 15 is 0 Å². The van der Waals surface area contributed by atoms with Crippen LogP contribution in [0.4, 0.5) is 5.69 Å². The minimum Gasteiger partial charge on any atom is -0.388 e. The van der Waals surface area contributed by atoms with Crippen molar-refractivity contribution < 1.29 is 13.5 Å². The predicted molar refractivity (Wildman–Crippen MR) is 85.9 cm³/mol. The lowest BCUT2D eigenvalue weighted by molar-refractivity contribution is 0.0240. The fourth-order valence-electron chi connectivity index (χ4n) is 1.55. The van der Waals surface area contributed by atoms with E-state index in [1.54, 1.807) is 38.1 Å². The van der Waals surface area contributed by atoms with E-state index in [9.17, 15) is 13.5 Å². The minimum absolute atomic E-state index is 0.238. The molecule has 0 aliphatic rings. The molecule has 0 spiro atoms. The van der Waals surface area contributed by atoms with Gasteiger partial charge < -0.3 is 10.4 Å². The van der Waals surface area contributed by atoms with Gasteiger partial charge in [0, 0.05) is 12.2 Å². The van der Waals surface area contributed by atoms with Gasteiger partial charge in [-0.3, -0.25) is 0 Å². The average Bonchev–Trinajstić information content (AvgIpc) is 2.35. The van der Waals surface area contributed by atoms with Crippen LogP contribution in [0.5, 0.6) is 0 Å². The van der Waals surface area contributed by atoms with Crippen molar-refractivity contribution in [2.45, 2.75) is 57.1 Å². The molecule has 0 aliphatic heterocycles. The Balaban J connectivity index is 2.89. The molecule has 1 aromatic rings. The van der Waals surface area contributed by atoms with Crippen LogP contribution in [0.2, 0.25) is 0 Å². The Bertz CT molecular complexity index is 558. The lowest BCUT2D eigenvalue weighted by Gasteiger charge is -2.38. The molecule has 0 saturated carbocycles. The van der Waals surface area contributed by atoms with E-state index in [1.807, 2.05) is 20.8 Å². The van der Waals surface area contributed by atoms with Crippen LogP contribution in [0.1, 0.15) is 41.0 Å². The predicted octanol–water partition coefficient (Wildman–Crippen LogP) is 2.34. The van der Waals surface area contributed by atoms with Crippen molar-refractivity contribution in [1.29, 1.82) is 0 Å². The summed E-state index contributed by atoms with van der Waals surface area (Å²) in [7, 11) is -3.44. The first-order valence-electron chi connectivity index (χ1n) is 7.10. The number of hydrogen-bond donors (Lipinski definition) is 3. The molecule has 0 unspecified atom stereocenters. The molecular formula is C15H26N2O3S. The quantitative estimate of drug-likeness (QED) is 0.722. The maximum Gasteiger partial charge on any atom is 0.240 e. The Morgan fingerprint density at radius 2 is 1.62 bits per heavy atom. The standard InChI is InChI=1S/C15H26N2O3S/c1-6-11-16-21(19,20)13-9-7-12(8-10-13)17-14(2,3)15(4,5)18/h7-10,16-18H,6,11H2,1-5H3. The third kappa shape index (κ3) is 4.69. The fraction of sp³-hybridized carbons (Fsp3) is 0.600. The molecule has 3 N–H and O–H groups in total. The summed E-state index contributed by atoms with van der Waals surface area (Å²) in [5, 5.41) is 13.3. The first-order valence-corrected chi connectivity index (χ1v) is 8.58. The lowest BCUT2D eigenvalue weighted by atomic mass is 9.86. The molecule has 0 aliphatic carbocycles. The SMILES string of the molecule is CCCNS(=O)(=O)c1ccc(NC(C)(C)C(C)(C)O)cc1. The molecule has 6 heteroatoms. The van der Waals surface area contributed by atoms with Gasteiger partial charge in [-0.1, -0.05) is 6.92 Å². The number of rotatable bonds is 7. The van der Waals surface area contributed by atoms with Crippen LogP contribution in [-0.2, 0) is 10.0 Å². The second kappa shape index (κ2) is 6.34. The molecule has 0 radical (unpaired) electrons. The molecule has 1 rings (SSSR count). The first kappa shape index (κ1) is 17.9. The summed E-state index contributed by atoms with van der Waals surface area (Å²) in [6, 6.07) is 6.52. The lowest BCUT2D eigenvalue weighted by Crippen LogP contribution is -2.51. The Morgan fingerprint density at radius 1 is 1.10 bits per heavy atom. The van der Waals surface area contributed by atoms with E-state index in [-0.39, 0.29) is 4.90 Å². The average molecular weight is 314 g/mol. The molecule has 120 valence electrons. The Kier molecular flexibility index (Phi) is 5.41. The monoisotopic (exact) mass is 314 g/mol. The van der Waals surface area contributed by atoms with Crippen molar-refractivity contribution in [3.8, 4) is 0 Å². The molecule has 21 heavy (non-hydrogen) atoms. The van der Waals surface area contributed by atoms with Gasteiger partial charge in [-0.25, -0.2) is 13.1 Å². The summed E-state index contributed by atoms with van der Waals surface area (Å²) >= 11 is 0. The number of sulfonamides is 1. The van der Waals surface area contributed by atoms with Crippen LogP contribution in [0.3, 0.4) is 0 Å². The Hall–Kier alpha value is -1.11. The van der Waals surface area contributed by atoms with E-state index in [1.165, 1.54) is 0 Å². The third-order valence-corrected chi connectivity index (χ3v) is 5.17. The van der Waals surface area contributed by atoms with Gasteiger partial charge in [0.15, 0.2) is 0 Å². The van der Waals surface area contributed by atoms with Crippen LogP contribution in [0.15, 0.2) is 29.2 Å². The zero-order valence-electron chi connectivity index (χ0n) is 13.4. The minimum atomic E-state index is -3.44. The van der Waals surface area contributed by atoms with Crippen molar-refractivity contribution in [3.05, 3.63) is 24.3 Å². The highest BCUT2D eigenvalue weighted by molar-refractivity contribution is 7.89. The van der Waals surface area contributed by atoms with Crippen molar-refractivity contribution in [2.75, 3.05) is 11.9 Å². The molecule has 0 heterocycles. The van der Waals surface area contributed by atoms with E-state index in [0.717, 1.165) is 12.1 Å². The number of hydrogen-bond acceptors (Lipinski definition) is 4. The largest absolute Gasteiger partial charge is 0.388 e. The maximum atomic E-state index is 12.0. The van der Waals surface area contributed by atoms with Crippen LogP contribution in [0.25, 0.3) is 0 Å². The van der Waals surface area contributed by atoms with Gasteiger partial charge >= 0.3 is 0 Å². The summed E-state index contributed by atoms with van der Waals surface area (Å²) in [5.41, 5.74) is -0.703. The summed E-state index contributed by atoms with van der Waals surface area (Å²) in [6.45, 7) is 9.57. The van der Waals surface area contributed by atoms with Crippen molar-refractivity contribution in [3.63, 3.8) is 0 Å². The molecule has 0 bridgehead atoms. The van der Waals surface area contributed by atoms with Crippen molar-refractivity contribution in [1.82, 2.24) is 4.72 Å². The summed E-state index contributed by atoms with van der Waals surface area (Å²) in [5.74, 6) is 0. The van der Waals surface area contributed by atoms with Crippen molar-refractivity contribution in [2.24, 2.45) is 0 Å². The molecule has 0 amide bonds. The topological polar surface area (TPSA) is 78.4 Å². The number of nitrogens with one attached hydrogen (secondary N) is 2. The number of benzene rings is 1. The van der Waals surface area contributed by atoms with Crippen LogP contribution >= 0.6 is 0 Å². The summed E-state index contributed by atoms with van der Waals surface area (Å²) in [6.07, 6.45) is 0.749. The first-order chi connectivity index (χ1) is 9.49. The highest BCUT2D eigenvalue weighted by Crippen LogP contribution is 2.26. The molecule has 0 saturated heterocycles.